The molecule has 0 aromatic carbocycles. The number of ether oxygens (including phenoxy) is 2. The lowest BCUT2D eigenvalue weighted by atomic mass is 10.4. The average Bonchev–Trinajstić information content (AvgIpc) is 1.90. The van der Waals surface area contributed by atoms with Gasteiger partial charge < -0.3 is 14.3 Å². The van der Waals surface area contributed by atoms with Gasteiger partial charge in [-0.05, 0) is 0 Å². The average molecular weight is 116 g/mol. The third-order valence-electron chi connectivity index (χ3n) is 0.993. The van der Waals surface area contributed by atoms with Crippen LogP contribution in [0.2, 0.25) is 0 Å². The third kappa shape index (κ3) is 1.28. The Kier molecular flexibility index (Phi) is 2.00. The summed E-state index contributed by atoms with van der Waals surface area (Å²) in [5.74, 6) is 0. The first kappa shape index (κ1) is 5.72. The Morgan fingerprint density at radius 3 is 2.75 bits per heavy atom. The van der Waals surface area contributed by atoms with Gasteiger partial charge in [0.1, 0.15) is 6.10 Å². The van der Waals surface area contributed by atoms with Gasteiger partial charge in [-0.3, -0.25) is 0 Å². The Hall–Kier alpha value is -0.410. The van der Waals surface area contributed by atoms with E-state index in [4.69, 9.17) is 9.47 Å². The van der Waals surface area contributed by atoms with Crippen molar-refractivity contribution >= 4 is 6.29 Å². The van der Waals surface area contributed by atoms with Crippen molar-refractivity contribution in [1.82, 2.24) is 0 Å². The smallest absolute Gasteiger partial charge is 0.151 e. The van der Waals surface area contributed by atoms with Crippen molar-refractivity contribution in [2.75, 3.05) is 19.8 Å². The molecule has 0 saturated carbocycles. The van der Waals surface area contributed by atoms with Crippen molar-refractivity contribution in [2.24, 2.45) is 0 Å². The molecular weight excluding hydrogens is 108 g/mol. The highest BCUT2D eigenvalue weighted by atomic mass is 16.6. The summed E-state index contributed by atoms with van der Waals surface area (Å²) >= 11 is 0. The standard InChI is InChI=1S/C5H8O3/c6-3-5-4-7-1-2-8-5/h3,5H,1-2,4H2/t5-/m0/s1. The molecule has 0 N–H and O–H groups in total. The fraction of sp³-hybridized carbons (Fsp3) is 0.800. The van der Waals surface area contributed by atoms with Crippen LogP contribution in [0, 0.1) is 0 Å². The van der Waals surface area contributed by atoms with Crippen molar-refractivity contribution in [1.29, 1.82) is 0 Å². The maximum absolute atomic E-state index is 9.95. The molecule has 8 heavy (non-hydrogen) atoms. The lowest BCUT2D eigenvalue weighted by molar-refractivity contribution is -0.133. The second-order valence-corrected chi connectivity index (χ2v) is 1.62. The van der Waals surface area contributed by atoms with E-state index in [2.05, 4.69) is 0 Å². The van der Waals surface area contributed by atoms with Gasteiger partial charge in [-0.15, -0.1) is 0 Å². The van der Waals surface area contributed by atoms with Crippen LogP contribution in [0.15, 0.2) is 0 Å². The monoisotopic (exact) mass is 116 g/mol. The van der Waals surface area contributed by atoms with Crippen LogP contribution in [0.4, 0.5) is 0 Å². The number of hydrogen-bond donors (Lipinski definition) is 0. The van der Waals surface area contributed by atoms with Crippen LogP contribution < -0.4 is 0 Å². The Morgan fingerprint density at radius 1 is 1.50 bits per heavy atom. The van der Waals surface area contributed by atoms with Crippen molar-refractivity contribution in [3.05, 3.63) is 0 Å². The summed E-state index contributed by atoms with van der Waals surface area (Å²) in [5.41, 5.74) is 0. The van der Waals surface area contributed by atoms with Crippen LogP contribution in [0.25, 0.3) is 0 Å². The van der Waals surface area contributed by atoms with Crippen LogP contribution in [0.3, 0.4) is 0 Å². The molecule has 0 aliphatic carbocycles. The topological polar surface area (TPSA) is 35.5 Å². The summed E-state index contributed by atoms with van der Waals surface area (Å²) in [6.07, 6.45) is 0.447. The number of carbonyl (C=O) groups excluding carboxylic acids is 1. The van der Waals surface area contributed by atoms with Gasteiger partial charge in [-0.25, -0.2) is 0 Å². The van der Waals surface area contributed by atoms with E-state index in [0.717, 1.165) is 6.29 Å². The van der Waals surface area contributed by atoms with Gasteiger partial charge in [0.2, 0.25) is 0 Å². The second-order valence-electron chi connectivity index (χ2n) is 1.62. The van der Waals surface area contributed by atoms with Crippen LogP contribution >= 0.6 is 0 Å². The maximum Gasteiger partial charge on any atom is 0.151 e. The lowest BCUT2D eigenvalue weighted by Crippen LogP contribution is -2.29. The number of rotatable bonds is 1. The van der Waals surface area contributed by atoms with E-state index in [9.17, 15) is 4.79 Å². The van der Waals surface area contributed by atoms with Gasteiger partial charge in [0, 0.05) is 0 Å². The van der Waals surface area contributed by atoms with Gasteiger partial charge in [0.15, 0.2) is 6.29 Å². The van der Waals surface area contributed by atoms with E-state index in [0.29, 0.717) is 19.8 Å². The zero-order valence-electron chi connectivity index (χ0n) is 4.50. The van der Waals surface area contributed by atoms with Gasteiger partial charge in [0.25, 0.3) is 0 Å². The Bertz CT molecular complexity index is 75.7. The van der Waals surface area contributed by atoms with Crippen molar-refractivity contribution in [3.63, 3.8) is 0 Å². The van der Waals surface area contributed by atoms with E-state index >= 15 is 0 Å². The van der Waals surface area contributed by atoms with E-state index in [1.807, 2.05) is 0 Å². The fourth-order valence-corrected chi connectivity index (χ4v) is 0.585. The van der Waals surface area contributed by atoms with Gasteiger partial charge in [-0.2, -0.15) is 0 Å². The molecule has 1 atom stereocenters. The first-order valence-electron chi connectivity index (χ1n) is 2.58. The Morgan fingerprint density at radius 2 is 2.38 bits per heavy atom. The normalized spacial score (nSPS) is 29.8. The largest absolute Gasteiger partial charge is 0.376 e. The molecule has 0 aromatic heterocycles. The molecule has 1 aliphatic rings. The van der Waals surface area contributed by atoms with Crippen molar-refractivity contribution < 1.29 is 14.3 Å². The predicted molar refractivity (Wildman–Crippen MR) is 26.6 cm³/mol. The molecule has 0 spiro atoms. The maximum atomic E-state index is 9.95. The highest BCUT2D eigenvalue weighted by Crippen LogP contribution is 1.95. The SMILES string of the molecule is O=C[C@H]1COCCO1. The molecule has 0 aromatic rings. The summed E-state index contributed by atoms with van der Waals surface area (Å²) in [6, 6.07) is 0. The highest BCUT2D eigenvalue weighted by molar-refractivity contribution is 5.56. The minimum atomic E-state index is -0.316. The fourth-order valence-electron chi connectivity index (χ4n) is 0.585. The minimum Gasteiger partial charge on any atom is -0.376 e. The van der Waals surface area contributed by atoms with Crippen molar-refractivity contribution in [3.8, 4) is 0 Å². The van der Waals surface area contributed by atoms with Gasteiger partial charge >= 0.3 is 0 Å². The molecule has 1 aliphatic heterocycles. The molecule has 0 radical (unpaired) electrons. The Balaban J connectivity index is 2.22. The number of carbonyl (C=O) groups is 1. The first-order chi connectivity index (χ1) is 3.93. The molecule has 1 fully saturated rings. The van der Waals surface area contributed by atoms with Crippen LogP contribution in [-0.2, 0) is 14.3 Å². The van der Waals surface area contributed by atoms with Crippen molar-refractivity contribution in [2.45, 2.75) is 6.10 Å². The molecular formula is C5H8O3. The third-order valence-corrected chi connectivity index (χ3v) is 0.993. The van der Waals surface area contributed by atoms with E-state index in [-0.39, 0.29) is 6.10 Å². The zero-order chi connectivity index (χ0) is 5.82. The van der Waals surface area contributed by atoms with Crippen LogP contribution in [0.5, 0.6) is 0 Å². The summed E-state index contributed by atoms with van der Waals surface area (Å²) in [7, 11) is 0. The summed E-state index contributed by atoms with van der Waals surface area (Å²) in [5, 5.41) is 0. The van der Waals surface area contributed by atoms with Crippen LogP contribution in [0.1, 0.15) is 0 Å². The zero-order valence-corrected chi connectivity index (χ0v) is 4.50. The molecule has 3 nitrogen and oxygen atoms in total. The molecule has 1 rings (SSSR count). The molecule has 3 heteroatoms. The Labute approximate surface area is 47.6 Å². The molecule has 0 unspecified atom stereocenters. The highest BCUT2D eigenvalue weighted by Gasteiger charge is 2.11. The van der Waals surface area contributed by atoms with E-state index < -0.39 is 0 Å². The van der Waals surface area contributed by atoms with Gasteiger partial charge in [-0.1, -0.05) is 0 Å². The predicted octanol–water partition coefficient (Wildman–Crippen LogP) is -0.399. The molecule has 46 valence electrons. The number of hydrogen-bond acceptors (Lipinski definition) is 3. The molecule has 0 bridgehead atoms. The van der Waals surface area contributed by atoms with Gasteiger partial charge in [0.05, 0.1) is 19.8 Å². The summed E-state index contributed by atoms with van der Waals surface area (Å²) in [6.45, 7) is 1.58. The molecule has 1 saturated heterocycles. The minimum absolute atomic E-state index is 0.316. The lowest BCUT2D eigenvalue weighted by Gasteiger charge is -2.17. The summed E-state index contributed by atoms with van der Waals surface area (Å²) < 4.78 is 9.85. The number of aldehydes is 1. The molecule has 0 amide bonds. The van der Waals surface area contributed by atoms with E-state index in [1.54, 1.807) is 0 Å². The summed E-state index contributed by atoms with van der Waals surface area (Å²) in [4.78, 5) is 9.95. The second kappa shape index (κ2) is 2.79. The molecule has 1 heterocycles. The quantitative estimate of drug-likeness (QED) is 0.437. The first-order valence-corrected chi connectivity index (χ1v) is 2.58. The van der Waals surface area contributed by atoms with Crippen LogP contribution in [-0.4, -0.2) is 32.2 Å². The van der Waals surface area contributed by atoms with E-state index in [1.165, 1.54) is 0 Å².